The number of nitrogens with one attached hydrogen (secondary N) is 1. The number of anilines is 1. The molecule has 1 aromatic rings. The number of nitrogens with zero attached hydrogens (tertiary/aromatic N) is 1. The van der Waals surface area contributed by atoms with Crippen LogP contribution in [-0.4, -0.2) is 36.1 Å². The predicted octanol–water partition coefficient (Wildman–Crippen LogP) is 1.92. The molecular weight excluding hydrogens is 254 g/mol. The number of hydrazine groups is 1. The topological polar surface area (TPSA) is 67.6 Å². The minimum atomic E-state index is 0.0769. The number of rotatable bonds is 3. The smallest absolute Gasteiger partial charge is 0.254 e. The van der Waals surface area contributed by atoms with Gasteiger partial charge in [-0.2, -0.15) is 0 Å². The highest BCUT2D eigenvalue weighted by molar-refractivity contribution is 5.96. The second-order valence-corrected chi connectivity index (χ2v) is 5.34. The van der Waals surface area contributed by atoms with Gasteiger partial charge in [0.1, 0.15) is 0 Å². The summed E-state index contributed by atoms with van der Waals surface area (Å²) in [4.78, 5) is 14.7. The lowest BCUT2D eigenvalue weighted by Crippen LogP contribution is -2.51. The summed E-state index contributed by atoms with van der Waals surface area (Å²) in [6, 6.07) is 5.70. The Hall–Kier alpha value is -1.59. The number of amides is 1. The largest absolute Gasteiger partial charge is 0.375 e. The molecule has 0 radical (unpaired) electrons. The SMILES string of the molecule is CCC1COC(C)CN1C(=O)c1ccc(NN)cc1C. The predicted molar refractivity (Wildman–Crippen MR) is 79.5 cm³/mol. The van der Waals surface area contributed by atoms with Gasteiger partial charge in [-0.3, -0.25) is 10.6 Å². The van der Waals surface area contributed by atoms with Gasteiger partial charge < -0.3 is 15.1 Å². The first-order valence-corrected chi connectivity index (χ1v) is 7.06. The number of ether oxygens (including phenoxy) is 1. The molecule has 2 unspecified atom stereocenters. The summed E-state index contributed by atoms with van der Waals surface area (Å²) in [6.07, 6.45) is 0.993. The van der Waals surface area contributed by atoms with Crippen LogP contribution in [0.4, 0.5) is 5.69 Å². The number of carbonyl (C=O) groups is 1. The maximum Gasteiger partial charge on any atom is 0.254 e. The van der Waals surface area contributed by atoms with E-state index >= 15 is 0 Å². The van der Waals surface area contributed by atoms with Crippen molar-refractivity contribution in [2.75, 3.05) is 18.6 Å². The lowest BCUT2D eigenvalue weighted by atomic mass is 10.0. The molecule has 1 heterocycles. The summed E-state index contributed by atoms with van der Waals surface area (Å²) in [7, 11) is 0. The first kappa shape index (κ1) is 14.8. The third-order valence-electron chi connectivity index (χ3n) is 3.82. The summed E-state index contributed by atoms with van der Waals surface area (Å²) in [6.45, 7) is 7.27. The quantitative estimate of drug-likeness (QED) is 0.654. The first-order valence-electron chi connectivity index (χ1n) is 7.06. The summed E-state index contributed by atoms with van der Waals surface area (Å²) >= 11 is 0. The third kappa shape index (κ3) is 2.94. The van der Waals surface area contributed by atoms with Crippen LogP contribution in [0.5, 0.6) is 0 Å². The van der Waals surface area contributed by atoms with Gasteiger partial charge in [0.25, 0.3) is 5.91 Å². The molecule has 1 saturated heterocycles. The molecule has 110 valence electrons. The number of benzene rings is 1. The number of aryl methyl sites for hydroxylation is 1. The van der Waals surface area contributed by atoms with Crippen LogP contribution in [0.25, 0.3) is 0 Å². The molecule has 5 heteroatoms. The highest BCUT2D eigenvalue weighted by atomic mass is 16.5. The maximum atomic E-state index is 12.8. The molecule has 1 aromatic carbocycles. The zero-order chi connectivity index (χ0) is 14.7. The molecule has 20 heavy (non-hydrogen) atoms. The van der Waals surface area contributed by atoms with Gasteiger partial charge in [0.05, 0.1) is 18.8 Å². The van der Waals surface area contributed by atoms with Gasteiger partial charge in [-0.25, -0.2) is 0 Å². The molecule has 5 nitrogen and oxygen atoms in total. The van der Waals surface area contributed by atoms with Crippen molar-refractivity contribution < 1.29 is 9.53 Å². The molecule has 0 aromatic heterocycles. The van der Waals surface area contributed by atoms with Gasteiger partial charge in [-0.05, 0) is 44.0 Å². The fourth-order valence-electron chi connectivity index (χ4n) is 2.58. The highest BCUT2D eigenvalue weighted by Crippen LogP contribution is 2.21. The van der Waals surface area contributed by atoms with Crippen molar-refractivity contribution in [2.45, 2.75) is 39.3 Å². The van der Waals surface area contributed by atoms with E-state index in [0.717, 1.165) is 23.2 Å². The molecule has 1 aliphatic heterocycles. The number of carbonyl (C=O) groups excluding carboxylic acids is 1. The van der Waals surface area contributed by atoms with Gasteiger partial charge in [0.15, 0.2) is 0 Å². The van der Waals surface area contributed by atoms with Crippen LogP contribution in [-0.2, 0) is 4.74 Å². The average molecular weight is 277 g/mol. The summed E-state index contributed by atoms with van der Waals surface area (Å²) in [5.41, 5.74) is 5.07. The van der Waals surface area contributed by atoms with E-state index in [2.05, 4.69) is 12.3 Å². The average Bonchev–Trinajstić information content (AvgIpc) is 2.46. The van der Waals surface area contributed by atoms with Gasteiger partial charge in [0.2, 0.25) is 0 Å². The molecule has 0 spiro atoms. The molecule has 1 amide bonds. The molecule has 0 aliphatic carbocycles. The van der Waals surface area contributed by atoms with Crippen molar-refractivity contribution in [1.82, 2.24) is 4.90 Å². The second kappa shape index (κ2) is 6.24. The fraction of sp³-hybridized carbons (Fsp3) is 0.533. The van der Waals surface area contributed by atoms with Crippen LogP contribution in [0.2, 0.25) is 0 Å². The van der Waals surface area contributed by atoms with Crippen LogP contribution < -0.4 is 11.3 Å². The van der Waals surface area contributed by atoms with E-state index < -0.39 is 0 Å². The van der Waals surface area contributed by atoms with E-state index in [4.69, 9.17) is 10.6 Å². The normalized spacial score (nSPS) is 22.7. The van der Waals surface area contributed by atoms with E-state index in [-0.39, 0.29) is 18.1 Å². The summed E-state index contributed by atoms with van der Waals surface area (Å²) in [5, 5.41) is 0. The van der Waals surface area contributed by atoms with Crippen molar-refractivity contribution in [3.05, 3.63) is 29.3 Å². The Bertz CT molecular complexity index is 490. The zero-order valence-corrected chi connectivity index (χ0v) is 12.3. The summed E-state index contributed by atoms with van der Waals surface area (Å²) in [5.74, 6) is 5.46. The zero-order valence-electron chi connectivity index (χ0n) is 12.3. The minimum Gasteiger partial charge on any atom is -0.375 e. The van der Waals surface area contributed by atoms with Crippen LogP contribution in [0.3, 0.4) is 0 Å². The lowest BCUT2D eigenvalue weighted by Gasteiger charge is -2.38. The van der Waals surface area contributed by atoms with Crippen molar-refractivity contribution in [3.63, 3.8) is 0 Å². The number of hydrogen-bond acceptors (Lipinski definition) is 4. The standard InChI is InChI=1S/C15H23N3O2/c1-4-13-9-20-11(3)8-18(13)15(19)14-6-5-12(17-16)7-10(14)2/h5-7,11,13,17H,4,8-9,16H2,1-3H3. The van der Waals surface area contributed by atoms with E-state index in [1.54, 1.807) is 0 Å². The molecule has 2 rings (SSSR count). The molecule has 3 N–H and O–H groups in total. The summed E-state index contributed by atoms with van der Waals surface area (Å²) < 4.78 is 5.64. The monoisotopic (exact) mass is 277 g/mol. The van der Waals surface area contributed by atoms with Crippen LogP contribution in [0.15, 0.2) is 18.2 Å². The molecule has 2 atom stereocenters. The van der Waals surface area contributed by atoms with Gasteiger partial charge in [-0.15, -0.1) is 0 Å². The van der Waals surface area contributed by atoms with E-state index in [0.29, 0.717) is 13.2 Å². The maximum absolute atomic E-state index is 12.8. The van der Waals surface area contributed by atoms with Gasteiger partial charge in [0, 0.05) is 17.8 Å². The van der Waals surface area contributed by atoms with Crippen LogP contribution in [0.1, 0.15) is 36.2 Å². The molecule has 0 bridgehead atoms. The van der Waals surface area contributed by atoms with Crippen LogP contribution >= 0.6 is 0 Å². The van der Waals surface area contributed by atoms with Crippen molar-refractivity contribution in [1.29, 1.82) is 0 Å². The van der Waals surface area contributed by atoms with Gasteiger partial charge >= 0.3 is 0 Å². The Morgan fingerprint density at radius 1 is 1.55 bits per heavy atom. The van der Waals surface area contributed by atoms with E-state index in [1.807, 2.05) is 36.9 Å². The second-order valence-electron chi connectivity index (χ2n) is 5.34. The third-order valence-corrected chi connectivity index (χ3v) is 3.82. The Labute approximate surface area is 120 Å². The molecule has 1 aliphatic rings. The number of nitrogen functional groups attached to an aromatic ring is 1. The Morgan fingerprint density at radius 3 is 2.90 bits per heavy atom. The number of morpholine rings is 1. The van der Waals surface area contributed by atoms with Gasteiger partial charge in [-0.1, -0.05) is 6.92 Å². The highest BCUT2D eigenvalue weighted by Gasteiger charge is 2.30. The van der Waals surface area contributed by atoms with E-state index in [9.17, 15) is 4.79 Å². The van der Waals surface area contributed by atoms with Crippen molar-refractivity contribution >= 4 is 11.6 Å². The van der Waals surface area contributed by atoms with Crippen molar-refractivity contribution in [2.24, 2.45) is 5.84 Å². The van der Waals surface area contributed by atoms with Crippen molar-refractivity contribution in [3.8, 4) is 0 Å². The lowest BCUT2D eigenvalue weighted by molar-refractivity contribution is -0.0444. The molecule has 1 fully saturated rings. The first-order chi connectivity index (χ1) is 9.56. The molecule has 0 saturated carbocycles. The van der Waals surface area contributed by atoms with E-state index in [1.165, 1.54) is 0 Å². The Morgan fingerprint density at radius 2 is 2.30 bits per heavy atom. The number of nitrogens with two attached hydrogens (primary N) is 1. The number of hydrogen-bond donors (Lipinski definition) is 2. The Kier molecular flexibility index (Phi) is 4.62. The molecular formula is C15H23N3O2. The fourth-order valence-corrected chi connectivity index (χ4v) is 2.58. The van der Waals surface area contributed by atoms with Crippen LogP contribution in [0, 0.1) is 6.92 Å². The Balaban J connectivity index is 2.24. The minimum absolute atomic E-state index is 0.0769.